The fourth-order valence-corrected chi connectivity index (χ4v) is 7.01. The van der Waals surface area contributed by atoms with E-state index in [9.17, 15) is 8.42 Å². The zero-order valence-corrected chi connectivity index (χ0v) is 21.4. The Hall–Kier alpha value is -2.89. The minimum absolute atomic E-state index is 0.00865. The zero-order valence-electron chi connectivity index (χ0n) is 19.0. The van der Waals surface area contributed by atoms with Crippen LogP contribution in [0.25, 0.3) is 16.3 Å². The van der Waals surface area contributed by atoms with Crippen molar-refractivity contribution in [3.63, 3.8) is 0 Å². The van der Waals surface area contributed by atoms with Crippen LogP contribution in [0.3, 0.4) is 0 Å². The topological polar surface area (TPSA) is 37.4 Å². The third kappa shape index (κ3) is 4.19. The second-order valence-electron chi connectivity index (χ2n) is 8.75. The molecule has 4 aromatic carbocycles. The number of aryl methyl sites for hydroxylation is 1. The lowest BCUT2D eigenvalue weighted by molar-refractivity contribution is 0.596. The van der Waals surface area contributed by atoms with Gasteiger partial charge in [0.1, 0.15) is 0 Å². The molecule has 34 heavy (non-hydrogen) atoms. The summed E-state index contributed by atoms with van der Waals surface area (Å²) in [4.78, 5) is 3.00. The largest absolute Gasteiger partial charge is 0.366 e. The van der Waals surface area contributed by atoms with Gasteiger partial charge in [-0.25, -0.2) is 8.42 Å². The summed E-state index contributed by atoms with van der Waals surface area (Å²) in [7, 11) is -3.70. The van der Waals surface area contributed by atoms with Crippen molar-refractivity contribution in [2.75, 3.05) is 23.3 Å². The van der Waals surface area contributed by atoms with Crippen molar-refractivity contribution in [1.82, 2.24) is 0 Å². The third-order valence-electron chi connectivity index (χ3n) is 6.53. The van der Waals surface area contributed by atoms with E-state index in [1.165, 1.54) is 5.56 Å². The molecule has 0 amide bonds. The molecule has 4 aromatic rings. The summed E-state index contributed by atoms with van der Waals surface area (Å²) in [6, 6.07) is 31.5. The normalized spacial score (nSPS) is 16.8. The molecule has 3 nitrogen and oxygen atoms in total. The standard InChI is InChI=1S/C29H26BrNO2S/c1-21-14-16-24(17-15-21)31-19-23(18-30)29(27-13-7-9-22-8-5-6-12-26(22)27)28(20-31)34(32,33)25-10-3-2-4-11-25/h2-17,23H,18-20H2,1H3. The van der Waals surface area contributed by atoms with Crippen LogP contribution in [0.5, 0.6) is 0 Å². The SMILES string of the molecule is Cc1ccc(N2CC(S(=O)(=O)c3ccccc3)=C(c3cccc4ccccc34)C(CBr)C2)cc1. The van der Waals surface area contributed by atoms with E-state index in [1.807, 2.05) is 24.3 Å². The Morgan fingerprint density at radius 2 is 1.53 bits per heavy atom. The fourth-order valence-electron chi connectivity index (χ4n) is 4.79. The quantitative estimate of drug-likeness (QED) is 0.264. The van der Waals surface area contributed by atoms with Crippen LogP contribution in [0.15, 0.2) is 107 Å². The molecule has 1 atom stereocenters. The second kappa shape index (κ2) is 9.40. The first-order chi connectivity index (χ1) is 16.5. The molecule has 5 heteroatoms. The maximum atomic E-state index is 14.1. The van der Waals surface area contributed by atoms with Gasteiger partial charge in [-0.3, -0.25) is 0 Å². The van der Waals surface area contributed by atoms with Gasteiger partial charge in [0.2, 0.25) is 9.84 Å². The molecule has 0 aliphatic carbocycles. The summed E-state index contributed by atoms with van der Waals surface area (Å²) in [6.07, 6.45) is 0. The Kier molecular flexibility index (Phi) is 6.32. The van der Waals surface area contributed by atoms with Gasteiger partial charge in [0.15, 0.2) is 0 Å². The van der Waals surface area contributed by atoms with Crippen molar-refractivity contribution in [2.24, 2.45) is 5.92 Å². The predicted molar refractivity (Wildman–Crippen MR) is 145 cm³/mol. The lowest BCUT2D eigenvalue weighted by Crippen LogP contribution is -2.39. The number of alkyl halides is 1. The Labute approximate surface area is 209 Å². The number of nitrogens with zero attached hydrogens (tertiary/aromatic N) is 1. The maximum absolute atomic E-state index is 14.1. The number of halogens is 1. The van der Waals surface area contributed by atoms with E-state index in [4.69, 9.17) is 0 Å². The lowest BCUT2D eigenvalue weighted by Gasteiger charge is -2.37. The van der Waals surface area contributed by atoms with E-state index < -0.39 is 9.84 Å². The van der Waals surface area contributed by atoms with Crippen LogP contribution >= 0.6 is 15.9 Å². The second-order valence-corrected chi connectivity index (χ2v) is 11.4. The highest BCUT2D eigenvalue weighted by Gasteiger charge is 2.35. The van der Waals surface area contributed by atoms with Crippen molar-refractivity contribution in [3.05, 3.63) is 113 Å². The predicted octanol–water partition coefficient (Wildman–Crippen LogP) is 6.86. The molecule has 1 heterocycles. The van der Waals surface area contributed by atoms with Gasteiger partial charge in [-0.2, -0.15) is 0 Å². The molecule has 0 saturated carbocycles. The minimum atomic E-state index is -3.70. The molecule has 1 aliphatic rings. The highest BCUT2D eigenvalue weighted by molar-refractivity contribution is 9.09. The molecule has 0 N–H and O–H groups in total. The van der Waals surface area contributed by atoms with Gasteiger partial charge in [0, 0.05) is 23.5 Å². The van der Waals surface area contributed by atoms with Gasteiger partial charge in [0.25, 0.3) is 0 Å². The molecule has 0 saturated heterocycles. The van der Waals surface area contributed by atoms with Crippen LogP contribution in [0, 0.1) is 12.8 Å². The number of sulfone groups is 1. The summed E-state index contributed by atoms with van der Waals surface area (Å²) in [5.41, 5.74) is 4.14. The van der Waals surface area contributed by atoms with Gasteiger partial charge >= 0.3 is 0 Å². The average molecular weight is 533 g/mol. The molecule has 5 rings (SSSR count). The maximum Gasteiger partial charge on any atom is 0.204 e. The molecule has 172 valence electrons. The Bertz CT molecular complexity index is 1460. The number of fused-ring (bicyclic) bond motifs is 1. The molecular formula is C29H26BrNO2S. The Balaban J connectivity index is 1.77. The summed E-state index contributed by atoms with van der Waals surface area (Å²) in [5.74, 6) is 0.00865. The Morgan fingerprint density at radius 3 is 2.26 bits per heavy atom. The van der Waals surface area contributed by atoms with Gasteiger partial charge in [0.05, 0.1) is 16.3 Å². The average Bonchev–Trinajstić information content (AvgIpc) is 2.88. The van der Waals surface area contributed by atoms with Crippen molar-refractivity contribution in [1.29, 1.82) is 0 Å². The van der Waals surface area contributed by atoms with Gasteiger partial charge < -0.3 is 4.90 Å². The van der Waals surface area contributed by atoms with Crippen LogP contribution in [0.1, 0.15) is 11.1 Å². The first-order valence-electron chi connectivity index (χ1n) is 11.4. The molecular weight excluding hydrogens is 506 g/mol. The van der Waals surface area contributed by atoms with E-state index in [-0.39, 0.29) is 5.92 Å². The monoisotopic (exact) mass is 531 g/mol. The molecule has 0 aromatic heterocycles. The smallest absolute Gasteiger partial charge is 0.204 e. The highest BCUT2D eigenvalue weighted by Crippen LogP contribution is 2.41. The molecule has 0 fully saturated rings. The van der Waals surface area contributed by atoms with Crippen molar-refractivity contribution >= 4 is 47.8 Å². The number of anilines is 1. The van der Waals surface area contributed by atoms with E-state index >= 15 is 0 Å². The van der Waals surface area contributed by atoms with Crippen molar-refractivity contribution in [3.8, 4) is 0 Å². The van der Waals surface area contributed by atoms with E-state index in [2.05, 4.69) is 76.3 Å². The number of rotatable bonds is 5. The highest BCUT2D eigenvalue weighted by atomic mass is 79.9. The number of hydrogen-bond donors (Lipinski definition) is 0. The van der Waals surface area contributed by atoms with Crippen LogP contribution in [-0.4, -0.2) is 26.8 Å². The van der Waals surface area contributed by atoms with E-state index in [1.54, 1.807) is 24.3 Å². The summed E-state index contributed by atoms with van der Waals surface area (Å²) in [6.45, 7) is 3.13. The van der Waals surface area contributed by atoms with E-state index in [0.29, 0.717) is 21.7 Å². The summed E-state index contributed by atoms with van der Waals surface area (Å²) < 4.78 is 28.2. The van der Waals surface area contributed by atoms with Crippen LogP contribution < -0.4 is 4.90 Å². The molecule has 0 radical (unpaired) electrons. The summed E-state index contributed by atoms with van der Waals surface area (Å²) >= 11 is 3.72. The number of benzene rings is 4. The van der Waals surface area contributed by atoms with Crippen molar-refractivity contribution < 1.29 is 8.42 Å². The molecule has 1 aliphatic heterocycles. The molecule has 0 bridgehead atoms. The van der Waals surface area contributed by atoms with Crippen molar-refractivity contribution in [2.45, 2.75) is 11.8 Å². The summed E-state index contributed by atoms with van der Waals surface area (Å²) in [5, 5.41) is 2.86. The van der Waals surface area contributed by atoms with Gasteiger partial charge in [-0.15, -0.1) is 0 Å². The van der Waals surface area contributed by atoms with E-state index in [0.717, 1.165) is 34.1 Å². The first-order valence-corrected chi connectivity index (χ1v) is 14.0. The zero-order chi connectivity index (χ0) is 23.7. The fraction of sp³-hybridized carbons (Fsp3) is 0.172. The van der Waals surface area contributed by atoms with Gasteiger partial charge in [-0.1, -0.05) is 94.3 Å². The molecule has 0 spiro atoms. The third-order valence-corrected chi connectivity index (χ3v) is 9.20. The minimum Gasteiger partial charge on any atom is -0.366 e. The first kappa shape index (κ1) is 22.9. The van der Waals surface area contributed by atoms with Crippen LogP contribution in [-0.2, 0) is 9.84 Å². The molecule has 1 unspecified atom stereocenters. The number of hydrogen-bond acceptors (Lipinski definition) is 3. The lowest BCUT2D eigenvalue weighted by atomic mass is 9.87. The van der Waals surface area contributed by atoms with Gasteiger partial charge in [-0.05, 0) is 53.1 Å². The van der Waals surface area contributed by atoms with Crippen LogP contribution in [0.2, 0.25) is 0 Å². The van der Waals surface area contributed by atoms with Crippen LogP contribution in [0.4, 0.5) is 5.69 Å². The Morgan fingerprint density at radius 1 is 0.853 bits per heavy atom.